The molecule has 2 aliphatic rings. The van der Waals surface area contributed by atoms with Crippen LogP contribution in [0.4, 0.5) is 17.6 Å². The molecule has 11 heteroatoms. The molecule has 0 amide bonds. The van der Waals surface area contributed by atoms with E-state index in [0.29, 0.717) is 0 Å². The number of aliphatic carboxylic acids is 2. The van der Waals surface area contributed by atoms with Gasteiger partial charge >= 0.3 is 69.5 Å². The molecule has 0 heterocycles. The van der Waals surface area contributed by atoms with Crippen LogP contribution in [0.15, 0.2) is 0 Å². The Morgan fingerprint density at radius 1 is 0.793 bits per heavy atom. The molecule has 0 atom stereocenters. The first kappa shape index (κ1) is 28.4. The third-order valence-electron chi connectivity index (χ3n) is 4.38. The fraction of sp³-hybridized carbons (Fsp3) is 0.889. The van der Waals surface area contributed by atoms with Crippen molar-refractivity contribution in [2.75, 3.05) is 0 Å². The second-order valence-corrected chi connectivity index (χ2v) is 11.8. The molecule has 0 aromatic carbocycles. The van der Waals surface area contributed by atoms with Gasteiger partial charge in [0.15, 0.2) is 0 Å². The maximum Gasteiger partial charge on any atom is 0.254 e. The zero-order valence-corrected chi connectivity index (χ0v) is 19.5. The van der Waals surface area contributed by atoms with Gasteiger partial charge in [-0.3, -0.25) is 0 Å². The number of aliphatic hydroxyl groups is 2. The summed E-state index contributed by atoms with van der Waals surface area (Å²) < 4.78 is 51.0. The second-order valence-electron chi connectivity index (χ2n) is 7.51. The largest absolute Gasteiger partial charge is 0.547 e. The van der Waals surface area contributed by atoms with E-state index in [0.717, 1.165) is 0 Å². The molecule has 0 spiro atoms. The second kappa shape index (κ2) is 11.7. The summed E-state index contributed by atoms with van der Waals surface area (Å²) in [5, 5.41) is 37.2. The zero-order chi connectivity index (χ0) is 22.9. The van der Waals surface area contributed by atoms with Crippen molar-refractivity contribution in [1.82, 2.24) is 0 Å². The number of carbonyl (C=O) groups is 2. The number of unbranched alkanes of at least 4 members (excludes halogenated alkanes) is 2. The number of halogens is 4. The van der Waals surface area contributed by atoms with E-state index in [1.165, 1.54) is 25.7 Å². The fourth-order valence-electron chi connectivity index (χ4n) is 2.63. The molecule has 0 saturated heterocycles. The van der Waals surface area contributed by atoms with Crippen molar-refractivity contribution in [2.45, 2.75) is 97.1 Å². The molecule has 0 radical (unpaired) electrons. The van der Waals surface area contributed by atoms with Gasteiger partial charge in [0, 0.05) is 25.7 Å². The molecule has 0 aromatic heterocycles. The molecule has 0 unspecified atom stereocenters. The van der Waals surface area contributed by atoms with Crippen molar-refractivity contribution in [1.29, 1.82) is 0 Å². The molecule has 2 fully saturated rings. The average Bonchev–Trinajstić information content (AvgIpc) is 2.52. The summed E-state index contributed by atoms with van der Waals surface area (Å²) in [6.45, 7) is 4.58. The van der Waals surface area contributed by atoms with Crippen molar-refractivity contribution < 1.29 is 47.6 Å². The fourth-order valence-corrected chi connectivity index (χ4v) is 6.78. The summed E-state index contributed by atoms with van der Waals surface area (Å²) in [5.41, 5.74) is -4.58. The molecule has 0 aliphatic heterocycles. The van der Waals surface area contributed by atoms with Gasteiger partial charge < -0.3 is 30.0 Å². The van der Waals surface area contributed by atoms with Crippen LogP contribution in [0.5, 0.6) is 0 Å². The van der Waals surface area contributed by atoms with Crippen molar-refractivity contribution in [3.05, 3.63) is 0 Å². The van der Waals surface area contributed by atoms with E-state index >= 15 is 0 Å². The first-order valence-corrected chi connectivity index (χ1v) is 13.5. The molecule has 2 N–H and O–H groups in total. The summed E-state index contributed by atoms with van der Waals surface area (Å²) in [6, 6.07) is 0. The van der Waals surface area contributed by atoms with E-state index in [1.54, 1.807) is 8.87 Å². The Morgan fingerprint density at radius 3 is 1.21 bits per heavy atom. The van der Waals surface area contributed by atoms with E-state index in [-0.39, 0.29) is 21.1 Å². The van der Waals surface area contributed by atoms with Gasteiger partial charge in [-0.25, -0.2) is 17.6 Å². The minimum atomic E-state index is -3.03. The molecule has 29 heavy (non-hydrogen) atoms. The van der Waals surface area contributed by atoms with Gasteiger partial charge in [0.05, 0.1) is 11.9 Å². The van der Waals surface area contributed by atoms with E-state index in [4.69, 9.17) is 10.2 Å². The molecule has 2 saturated carbocycles. The van der Waals surface area contributed by atoms with Gasteiger partial charge in [-0.15, -0.1) is 0 Å². The molecule has 2 aliphatic carbocycles. The number of hydrogen-bond acceptors (Lipinski definition) is 6. The summed E-state index contributed by atoms with van der Waals surface area (Å²) in [4.78, 5) is 19.8. The van der Waals surface area contributed by atoms with Crippen LogP contribution in [-0.4, -0.2) is 66.3 Å². The maximum absolute atomic E-state index is 11.9. The number of hydrogen-bond donors (Lipinski definition) is 2. The Morgan fingerprint density at radius 2 is 1.07 bits per heavy atom. The summed E-state index contributed by atoms with van der Waals surface area (Å²) >= 11 is 0.149. The Kier molecular flexibility index (Phi) is 11.4. The zero-order valence-electron chi connectivity index (χ0n) is 16.6. The first-order valence-electron chi connectivity index (χ1n) is 9.47. The van der Waals surface area contributed by atoms with Gasteiger partial charge in [-0.1, -0.05) is 0 Å². The van der Waals surface area contributed by atoms with Crippen LogP contribution in [0.2, 0.25) is 8.87 Å². The van der Waals surface area contributed by atoms with Crippen LogP contribution in [0, 0.1) is 0 Å². The van der Waals surface area contributed by atoms with Crippen LogP contribution in [0.1, 0.15) is 65.2 Å². The Hall–Kier alpha value is -0.621. The van der Waals surface area contributed by atoms with E-state index in [2.05, 4.69) is 13.8 Å². The summed E-state index contributed by atoms with van der Waals surface area (Å²) in [5.74, 6) is -9.71. The predicted molar refractivity (Wildman–Crippen MR) is 93.5 cm³/mol. The average molecular weight is 535 g/mol. The van der Waals surface area contributed by atoms with Crippen molar-refractivity contribution in [2.24, 2.45) is 0 Å². The standard InChI is InChI=1S/2C5H6F2O3.2C4H9.Sn/c2*6-5(7)1-4(10,2-5)3(8)9;2*1-3-4-2;/h2*10H,1-2H2,(H,8,9);2*1,3-4H2,2H3;/q;;;;+2/p-2. The number of carboxylic acid groups (broad SMARTS) is 2. The quantitative estimate of drug-likeness (QED) is 0.271. The van der Waals surface area contributed by atoms with Crippen LogP contribution >= 0.6 is 0 Å². The van der Waals surface area contributed by atoms with Crippen molar-refractivity contribution in [3.8, 4) is 0 Å². The molecule has 6 nitrogen and oxygen atoms in total. The van der Waals surface area contributed by atoms with Crippen LogP contribution in [0.3, 0.4) is 0 Å². The van der Waals surface area contributed by atoms with Gasteiger partial charge in [0.1, 0.15) is 11.2 Å². The number of carbonyl (C=O) groups excluding carboxylic acids is 2. The molecule has 0 bridgehead atoms. The number of rotatable bonds is 8. The minimum absolute atomic E-state index is 0.149. The number of alkyl halides is 4. The Bertz CT molecular complexity index is 482. The third-order valence-corrected chi connectivity index (χ3v) is 8.41. The maximum atomic E-state index is 11.9. The van der Waals surface area contributed by atoms with E-state index < -0.39 is 60.7 Å². The predicted octanol–water partition coefficient (Wildman–Crippen LogP) is 0.920. The van der Waals surface area contributed by atoms with Crippen molar-refractivity contribution in [3.63, 3.8) is 0 Å². The smallest absolute Gasteiger partial charge is 0.254 e. The van der Waals surface area contributed by atoms with E-state index in [1.807, 2.05) is 0 Å². The minimum Gasteiger partial charge on any atom is -0.547 e. The normalized spacial score (nSPS) is 21.5. The topological polar surface area (TPSA) is 121 Å². The Balaban J connectivity index is 0.000000407. The number of carboxylic acids is 2. The Labute approximate surface area is 177 Å². The molecule has 0 aromatic rings. The summed E-state index contributed by atoms with van der Waals surface area (Å²) in [7, 11) is 0. The summed E-state index contributed by atoms with van der Waals surface area (Å²) in [6.07, 6.45) is 1.74. The SMILES string of the molecule is CCC[CH2][Sn+2][CH2]CCC.O=C([O-])C1(O)CC(F)(F)C1.O=C([O-])C1(O)CC(F)(F)C1. The molecular formula is C18H28F4O6Sn. The molecule has 2 rings (SSSR count). The van der Waals surface area contributed by atoms with Gasteiger partial charge in [-0.2, -0.15) is 0 Å². The third kappa shape index (κ3) is 10.3. The van der Waals surface area contributed by atoms with Gasteiger partial charge in [0.2, 0.25) is 0 Å². The monoisotopic (exact) mass is 536 g/mol. The molecule has 168 valence electrons. The van der Waals surface area contributed by atoms with Gasteiger partial charge in [-0.05, 0) is 0 Å². The van der Waals surface area contributed by atoms with Gasteiger partial charge in [0.25, 0.3) is 11.8 Å². The van der Waals surface area contributed by atoms with Crippen LogP contribution in [0.25, 0.3) is 0 Å². The van der Waals surface area contributed by atoms with Crippen molar-refractivity contribution >= 4 is 33.1 Å². The van der Waals surface area contributed by atoms with Crippen LogP contribution < -0.4 is 10.2 Å². The van der Waals surface area contributed by atoms with E-state index in [9.17, 15) is 37.4 Å². The first-order chi connectivity index (χ1) is 13.1. The van der Waals surface area contributed by atoms with Crippen LogP contribution in [-0.2, 0) is 9.59 Å². The molecular weight excluding hydrogens is 507 g/mol.